The van der Waals surface area contributed by atoms with Crippen molar-refractivity contribution >= 4 is 45.7 Å². The summed E-state index contributed by atoms with van der Waals surface area (Å²) in [4.78, 5) is 17.9. The van der Waals surface area contributed by atoms with Crippen molar-refractivity contribution in [2.24, 2.45) is 0 Å². The molecule has 0 spiro atoms. The van der Waals surface area contributed by atoms with Crippen LogP contribution in [0.3, 0.4) is 0 Å². The van der Waals surface area contributed by atoms with Gasteiger partial charge in [-0.15, -0.1) is 0 Å². The molecule has 0 aliphatic rings. The second kappa shape index (κ2) is 8.24. The Kier molecular flexibility index (Phi) is 5.52. The quantitative estimate of drug-likeness (QED) is 0.385. The number of para-hydroxylation sites is 1. The van der Waals surface area contributed by atoms with Gasteiger partial charge in [-0.2, -0.15) is 0 Å². The largest absolute Gasteiger partial charge is 0.321 e. The van der Waals surface area contributed by atoms with Crippen molar-refractivity contribution in [1.82, 2.24) is 4.98 Å². The maximum Gasteiger partial charge on any atom is 0.256 e. The molecule has 5 heteroatoms. The highest BCUT2D eigenvalue weighted by molar-refractivity contribution is 6.44. The molecular formula is C24H18Cl2N2O. The van der Waals surface area contributed by atoms with Crippen molar-refractivity contribution in [3.63, 3.8) is 0 Å². The third kappa shape index (κ3) is 3.98. The van der Waals surface area contributed by atoms with E-state index in [-0.39, 0.29) is 5.91 Å². The van der Waals surface area contributed by atoms with Crippen LogP contribution < -0.4 is 5.32 Å². The van der Waals surface area contributed by atoms with E-state index in [1.807, 2.05) is 42.5 Å². The molecule has 144 valence electrons. The summed E-state index contributed by atoms with van der Waals surface area (Å²) < 4.78 is 0. The molecule has 1 N–H and O–H groups in total. The van der Waals surface area contributed by atoms with Gasteiger partial charge in [-0.1, -0.05) is 78.7 Å². The third-order valence-corrected chi connectivity index (χ3v) is 5.64. The van der Waals surface area contributed by atoms with Gasteiger partial charge in [-0.05, 0) is 36.2 Å². The predicted molar refractivity (Wildman–Crippen MR) is 121 cm³/mol. The number of nitrogens with one attached hydrogen (secondary N) is 1. The van der Waals surface area contributed by atoms with E-state index in [0.29, 0.717) is 21.3 Å². The smallest absolute Gasteiger partial charge is 0.256 e. The predicted octanol–water partition coefficient (Wildman–Crippen LogP) is 7.02. The Morgan fingerprint density at radius 2 is 1.72 bits per heavy atom. The Balaban J connectivity index is 1.79. The first-order valence-corrected chi connectivity index (χ1v) is 10.1. The van der Waals surface area contributed by atoms with Crippen LogP contribution in [0.2, 0.25) is 10.0 Å². The van der Waals surface area contributed by atoms with Crippen LogP contribution in [-0.4, -0.2) is 10.9 Å². The fourth-order valence-electron chi connectivity index (χ4n) is 3.21. The van der Waals surface area contributed by atoms with Crippen molar-refractivity contribution < 1.29 is 4.79 Å². The van der Waals surface area contributed by atoms with Gasteiger partial charge in [0.05, 0.1) is 32.5 Å². The van der Waals surface area contributed by atoms with E-state index in [9.17, 15) is 4.79 Å². The first kappa shape index (κ1) is 19.4. The molecule has 0 aliphatic heterocycles. The molecule has 0 aliphatic carbocycles. The fourth-order valence-corrected chi connectivity index (χ4v) is 3.56. The second-order valence-corrected chi connectivity index (χ2v) is 7.46. The number of anilines is 1. The highest BCUT2D eigenvalue weighted by Gasteiger charge is 2.16. The molecule has 0 unspecified atom stereocenters. The zero-order valence-corrected chi connectivity index (χ0v) is 17.3. The summed E-state index contributed by atoms with van der Waals surface area (Å²) in [6.45, 7) is 2.12. The normalized spacial score (nSPS) is 10.9. The Hall–Kier alpha value is -2.88. The van der Waals surface area contributed by atoms with E-state index in [1.165, 1.54) is 5.56 Å². The number of benzene rings is 3. The number of aromatic nitrogens is 1. The number of halogens is 2. The molecule has 0 bridgehead atoms. The van der Waals surface area contributed by atoms with Crippen molar-refractivity contribution in [1.29, 1.82) is 0 Å². The number of carbonyl (C=O) groups excluding carboxylic acids is 1. The highest BCUT2D eigenvalue weighted by Crippen LogP contribution is 2.31. The van der Waals surface area contributed by atoms with Gasteiger partial charge >= 0.3 is 0 Å². The third-order valence-electron chi connectivity index (χ3n) is 4.82. The van der Waals surface area contributed by atoms with Gasteiger partial charge in [0.15, 0.2) is 0 Å². The molecule has 0 saturated carbocycles. The molecule has 0 atom stereocenters. The molecule has 0 saturated heterocycles. The van der Waals surface area contributed by atoms with Gasteiger partial charge in [0.25, 0.3) is 5.91 Å². The topological polar surface area (TPSA) is 42.0 Å². The summed E-state index contributed by atoms with van der Waals surface area (Å²) in [7, 11) is 0. The van der Waals surface area contributed by atoms with Gasteiger partial charge in [0.2, 0.25) is 0 Å². The minimum absolute atomic E-state index is 0.265. The van der Waals surface area contributed by atoms with Crippen LogP contribution in [0.5, 0.6) is 0 Å². The Labute approximate surface area is 179 Å². The number of hydrogen-bond acceptors (Lipinski definition) is 2. The van der Waals surface area contributed by atoms with Crippen LogP contribution in [0.4, 0.5) is 5.69 Å². The van der Waals surface area contributed by atoms with Crippen LogP contribution in [0.1, 0.15) is 22.8 Å². The van der Waals surface area contributed by atoms with Crippen LogP contribution >= 0.6 is 23.2 Å². The summed E-state index contributed by atoms with van der Waals surface area (Å²) in [5.41, 5.74) is 4.71. The number of pyridine rings is 1. The molecule has 3 nitrogen and oxygen atoms in total. The molecule has 4 aromatic rings. The molecule has 1 amide bonds. The summed E-state index contributed by atoms with van der Waals surface area (Å²) >= 11 is 12.3. The lowest BCUT2D eigenvalue weighted by atomic mass is 10.0. The van der Waals surface area contributed by atoms with E-state index < -0.39 is 0 Å². The average molecular weight is 421 g/mol. The zero-order chi connectivity index (χ0) is 20.4. The summed E-state index contributed by atoms with van der Waals surface area (Å²) in [5.74, 6) is -0.265. The molecule has 29 heavy (non-hydrogen) atoms. The van der Waals surface area contributed by atoms with E-state index in [0.717, 1.165) is 28.6 Å². The van der Waals surface area contributed by atoms with Gasteiger partial charge in [-0.25, -0.2) is 4.98 Å². The number of carbonyl (C=O) groups is 1. The van der Waals surface area contributed by atoms with Crippen molar-refractivity contribution in [3.8, 4) is 11.3 Å². The SMILES string of the molecule is CCc1ccc(-c2cc(C(=O)Nc3cccc(Cl)c3Cl)c3ccccc3n2)cc1. The minimum Gasteiger partial charge on any atom is -0.321 e. The molecule has 4 rings (SSSR count). The van der Waals surface area contributed by atoms with Gasteiger partial charge in [0.1, 0.15) is 0 Å². The lowest BCUT2D eigenvalue weighted by molar-refractivity contribution is 0.102. The van der Waals surface area contributed by atoms with Crippen LogP contribution in [-0.2, 0) is 6.42 Å². The monoisotopic (exact) mass is 420 g/mol. The van der Waals surface area contributed by atoms with Gasteiger partial charge in [0, 0.05) is 10.9 Å². The lowest BCUT2D eigenvalue weighted by Crippen LogP contribution is -2.13. The van der Waals surface area contributed by atoms with Crippen molar-refractivity contribution in [3.05, 3.63) is 94.0 Å². The van der Waals surface area contributed by atoms with Crippen LogP contribution in [0.25, 0.3) is 22.2 Å². The molecular weight excluding hydrogens is 403 g/mol. The first-order chi connectivity index (χ1) is 14.1. The molecule has 0 radical (unpaired) electrons. The number of amides is 1. The van der Waals surface area contributed by atoms with Crippen LogP contribution in [0, 0.1) is 0 Å². The summed E-state index contributed by atoms with van der Waals surface area (Å²) in [6.07, 6.45) is 0.972. The van der Waals surface area contributed by atoms with Crippen LogP contribution in [0.15, 0.2) is 72.8 Å². The van der Waals surface area contributed by atoms with E-state index in [2.05, 4.69) is 24.4 Å². The summed E-state index contributed by atoms with van der Waals surface area (Å²) in [6, 6.07) is 22.8. The molecule has 1 aromatic heterocycles. The lowest BCUT2D eigenvalue weighted by Gasteiger charge is -2.12. The summed E-state index contributed by atoms with van der Waals surface area (Å²) in [5, 5.41) is 4.35. The number of nitrogens with zero attached hydrogens (tertiary/aromatic N) is 1. The second-order valence-electron chi connectivity index (χ2n) is 6.68. The Morgan fingerprint density at radius 1 is 0.966 bits per heavy atom. The number of aryl methyl sites for hydroxylation is 1. The Bertz CT molecular complexity index is 1200. The molecule has 3 aromatic carbocycles. The standard InChI is InChI=1S/C24H18Cl2N2O/c1-2-15-10-12-16(13-11-15)22-14-18(17-6-3-4-8-20(17)27-22)24(29)28-21-9-5-7-19(25)23(21)26/h3-14H,2H2,1H3,(H,28,29). The molecule has 0 fully saturated rings. The van der Waals surface area contributed by atoms with Crippen molar-refractivity contribution in [2.45, 2.75) is 13.3 Å². The first-order valence-electron chi connectivity index (χ1n) is 9.31. The maximum absolute atomic E-state index is 13.1. The van der Waals surface area contributed by atoms with Gasteiger partial charge < -0.3 is 5.32 Å². The number of hydrogen-bond donors (Lipinski definition) is 1. The molecule has 1 heterocycles. The minimum atomic E-state index is -0.265. The van der Waals surface area contributed by atoms with E-state index in [1.54, 1.807) is 18.2 Å². The zero-order valence-electron chi connectivity index (χ0n) is 15.7. The Morgan fingerprint density at radius 3 is 2.48 bits per heavy atom. The fraction of sp³-hybridized carbons (Fsp3) is 0.0833. The number of rotatable bonds is 4. The highest BCUT2D eigenvalue weighted by atomic mass is 35.5. The maximum atomic E-state index is 13.1. The average Bonchev–Trinajstić information content (AvgIpc) is 2.76. The van der Waals surface area contributed by atoms with Crippen molar-refractivity contribution in [2.75, 3.05) is 5.32 Å². The number of fused-ring (bicyclic) bond motifs is 1. The van der Waals surface area contributed by atoms with E-state index in [4.69, 9.17) is 28.2 Å². The van der Waals surface area contributed by atoms with E-state index >= 15 is 0 Å². The van der Waals surface area contributed by atoms with Gasteiger partial charge in [-0.3, -0.25) is 4.79 Å².